The topological polar surface area (TPSA) is 478 Å². The van der Waals surface area contributed by atoms with Gasteiger partial charge in [0, 0.05) is 44.0 Å². The number of aliphatic hydroxyl groups is 2. The molecule has 1 heterocycles. The van der Waals surface area contributed by atoms with Gasteiger partial charge in [-0.2, -0.15) is 0 Å². The Balaban J connectivity index is 1.39. The number of primary amides is 1. The fourth-order valence-electron chi connectivity index (χ4n) is 9.20. The van der Waals surface area contributed by atoms with E-state index in [1.807, 2.05) is 0 Å². The maximum absolute atomic E-state index is 14.7. The monoisotopic (exact) mass is 1250 g/mol. The molecule has 0 bridgehead atoms. The molecule has 0 fully saturated rings. The highest BCUT2D eigenvalue weighted by molar-refractivity contribution is 5.99. The standard InChI is InChI=1S/C61H77N13O16/c1-33(2)22-42(53(81)72-48(61(89)90)27-39-30-64-32-65-39)67-54(82)44(25-37-14-18-40(77)19-15-37)68-55(83)45(26-38-16-20-41(78)21-17-38)69-57(85)47(28-50(63)79)70-59(87)49(31-75)73-56(84)46(24-36-12-8-5-9-13-36)71-60(88)52(34(3)76)74-58(86)43(66-51(80)29-62)23-35-10-6-4-7-11-35/h4-21,30,32-34,42-49,52,75-78H,22-29,31,62H2,1-3H3,(H2,63,79)(H,64,65)(H,66,80)(H,67,82)(H,68,83)(H,69,85)(H,70,87)(H,71,88)(H,72,81)(H,73,84)(H,74,86)(H,89,90)/t34-,42+,43+,44+,45+,46+,47+,48+,49+,52+/m1/s1. The zero-order valence-corrected chi connectivity index (χ0v) is 49.6. The van der Waals surface area contributed by atoms with E-state index in [1.165, 1.54) is 68.0 Å². The number of hydrogen-bond donors (Lipinski definition) is 17. The number of imidazole rings is 1. The van der Waals surface area contributed by atoms with Gasteiger partial charge >= 0.3 is 5.97 Å². The van der Waals surface area contributed by atoms with Gasteiger partial charge in [-0.15, -0.1) is 0 Å². The predicted molar refractivity (Wildman–Crippen MR) is 322 cm³/mol. The maximum atomic E-state index is 14.7. The van der Waals surface area contributed by atoms with Crippen LogP contribution in [0.15, 0.2) is 122 Å². The lowest BCUT2D eigenvalue weighted by molar-refractivity contribution is -0.142. The van der Waals surface area contributed by atoms with Crippen LogP contribution in [0.3, 0.4) is 0 Å². The number of aromatic nitrogens is 2. The SMILES string of the molecule is CC(C)C[C@H](NC(=O)[C@H](Cc1ccc(O)cc1)NC(=O)[C@H](Cc1ccc(O)cc1)NC(=O)[C@H](CC(N)=O)NC(=O)[C@H](CO)NC(=O)[C@H](Cc1ccccc1)NC(=O)[C@@H](NC(=O)[C@H](Cc1ccccc1)NC(=O)CN)[C@@H](C)O)C(=O)N[C@@H](Cc1cnc[nH]1)C(=O)O. The highest BCUT2D eigenvalue weighted by atomic mass is 16.4. The second-order valence-electron chi connectivity index (χ2n) is 21.7. The third-order valence-electron chi connectivity index (χ3n) is 13.9. The number of nitrogens with one attached hydrogen (secondary N) is 10. The number of aliphatic carboxylic acids is 1. The zero-order valence-electron chi connectivity index (χ0n) is 49.6. The fourth-order valence-corrected chi connectivity index (χ4v) is 9.20. The van der Waals surface area contributed by atoms with E-state index in [0.717, 1.165) is 0 Å². The quantitative estimate of drug-likeness (QED) is 0.0193. The van der Waals surface area contributed by atoms with Crippen LogP contribution in [0, 0.1) is 5.92 Å². The van der Waals surface area contributed by atoms with Crippen molar-refractivity contribution in [2.45, 2.75) is 126 Å². The van der Waals surface area contributed by atoms with Crippen molar-refractivity contribution < 1.29 is 78.3 Å². The Kier molecular flexibility index (Phi) is 27.4. The lowest BCUT2D eigenvalue weighted by Crippen LogP contribution is -2.62. The van der Waals surface area contributed by atoms with Crippen molar-refractivity contribution in [2.75, 3.05) is 13.2 Å². The molecule has 482 valence electrons. The summed E-state index contributed by atoms with van der Waals surface area (Å²) in [6.45, 7) is 3.05. The van der Waals surface area contributed by atoms with Crippen LogP contribution in [-0.4, -0.2) is 174 Å². The minimum Gasteiger partial charge on any atom is -0.508 e. The van der Waals surface area contributed by atoms with Crippen molar-refractivity contribution in [3.8, 4) is 11.5 Å². The van der Waals surface area contributed by atoms with E-state index >= 15 is 0 Å². The van der Waals surface area contributed by atoms with E-state index in [1.54, 1.807) is 74.5 Å². The van der Waals surface area contributed by atoms with Gasteiger partial charge < -0.3 is 89.8 Å². The second kappa shape index (κ2) is 34.9. The van der Waals surface area contributed by atoms with Crippen LogP contribution in [0.4, 0.5) is 0 Å². The number of hydrogen-bond acceptors (Lipinski definition) is 17. The first-order valence-corrected chi connectivity index (χ1v) is 28.7. The summed E-state index contributed by atoms with van der Waals surface area (Å²) in [6, 6.07) is 13.0. The smallest absolute Gasteiger partial charge is 0.326 e. The summed E-state index contributed by atoms with van der Waals surface area (Å²) >= 11 is 0. The molecule has 19 N–H and O–H groups in total. The second-order valence-corrected chi connectivity index (χ2v) is 21.7. The molecule has 10 amide bonds. The predicted octanol–water partition coefficient (Wildman–Crippen LogP) is -2.96. The Bertz CT molecular complexity index is 3230. The minimum atomic E-state index is -1.94. The molecular weight excluding hydrogens is 1170 g/mol. The molecule has 0 aliphatic rings. The van der Waals surface area contributed by atoms with E-state index < -0.39 is 145 Å². The number of nitrogens with two attached hydrogens (primary N) is 2. The number of carboxylic acid groups (broad SMARTS) is 1. The average molecular weight is 1250 g/mol. The van der Waals surface area contributed by atoms with Gasteiger partial charge in [0.05, 0.1) is 32.0 Å². The molecule has 1 aromatic heterocycles. The number of phenolic OH excluding ortho intramolecular Hbond substituents is 2. The van der Waals surface area contributed by atoms with Gasteiger partial charge in [0.25, 0.3) is 0 Å². The third kappa shape index (κ3) is 23.1. The minimum absolute atomic E-state index is 0.00582. The van der Waals surface area contributed by atoms with Gasteiger partial charge in [0.2, 0.25) is 59.1 Å². The van der Waals surface area contributed by atoms with E-state index in [2.05, 4.69) is 57.8 Å². The number of carboxylic acids is 1. The number of carbonyl (C=O) groups excluding carboxylic acids is 10. The molecule has 0 radical (unpaired) electrons. The first-order chi connectivity index (χ1) is 42.8. The van der Waals surface area contributed by atoms with Crippen molar-refractivity contribution >= 4 is 65.0 Å². The summed E-state index contributed by atoms with van der Waals surface area (Å²) in [5.74, 6) is -12.2. The molecule has 29 nitrogen and oxygen atoms in total. The number of aromatic amines is 1. The van der Waals surface area contributed by atoms with Gasteiger partial charge in [-0.05, 0) is 65.8 Å². The van der Waals surface area contributed by atoms with Crippen LogP contribution in [-0.2, 0) is 84.8 Å². The third-order valence-corrected chi connectivity index (χ3v) is 13.9. The Morgan fingerprint density at radius 2 is 0.856 bits per heavy atom. The van der Waals surface area contributed by atoms with Crippen molar-refractivity contribution in [3.05, 3.63) is 150 Å². The van der Waals surface area contributed by atoms with E-state index in [9.17, 15) is 78.3 Å². The fraction of sp³-hybridized carbons (Fsp3) is 0.377. The molecule has 0 aliphatic heterocycles. The Labute approximate surface area is 517 Å². The number of amides is 10. The van der Waals surface area contributed by atoms with Crippen LogP contribution in [0.25, 0.3) is 0 Å². The summed E-state index contributed by atoms with van der Waals surface area (Å²) in [5, 5.41) is 73.6. The Hall–Kier alpha value is -10.3. The number of H-pyrrole nitrogens is 1. The zero-order chi connectivity index (χ0) is 66.0. The molecule has 0 spiro atoms. The van der Waals surface area contributed by atoms with Gasteiger partial charge in [-0.25, -0.2) is 9.78 Å². The number of rotatable bonds is 35. The summed E-state index contributed by atoms with van der Waals surface area (Å²) in [4.78, 5) is 157. The molecule has 4 aromatic carbocycles. The van der Waals surface area contributed by atoms with Crippen molar-refractivity contribution in [3.63, 3.8) is 0 Å². The molecular formula is C61H77N13O16. The summed E-state index contributed by atoms with van der Waals surface area (Å²) in [7, 11) is 0. The van der Waals surface area contributed by atoms with Crippen LogP contribution < -0.4 is 59.3 Å². The highest BCUT2D eigenvalue weighted by Gasteiger charge is 2.37. The molecule has 0 aliphatic carbocycles. The Morgan fingerprint density at radius 1 is 0.478 bits per heavy atom. The van der Waals surface area contributed by atoms with Gasteiger partial charge in [0.1, 0.15) is 65.9 Å². The molecule has 10 atom stereocenters. The first kappa shape index (κ1) is 70.5. The number of aromatic hydroxyl groups is 2. The van der Waals surface area contributed by atoms with E-state index in [4.69, 9.17) is 11.5 Å². The average Bonchev–Trinajstić information content (AvgIpc) is 4.15. The number of benzene rings is 4. The van der Waals surface area contributed by atoms with Crippen LogP contribution in [0.5, 0.6) is 11.5 Å². The van der Waals surface area contributed by atoms with E-state index in [0.29, 0.717) is 27.9 Å². The van der Waals surface area contributed by atoms with Crippen molar-refractivity contribution in [1.82, 2.24) is 57.8 Å². The van der Waals surface area contributed by atoms with Crippen LogP contribution >= 0.6 is 0 Å². The summed E-state index contributed by atoms with van der Waals surface area (Å²) < 4.78 is 0. The van der Waals surface area contributed by atoms with E-state index in [-0.39, 0.29) is 55.9 Å². The summed E-state index contributed by atoms with van der Waals surface area (Å²) in [5.41, 5.74) is 13.3. The number of nitrogens with zero attached hydrogens (tertiary/aromatic N) is 1. The van der Waals surface area contributed by atoms with Crippen molar-refractivity contribution in [1.29, 1.82) is 0 Å². The highest BCUT2D eigenvalue weighted by Crippen LogP contribution is 2.16. The molecule has 0 saturated carbocycles. The largest absolute Gasteiger partial charge is 0.508 e. The molecule has 5 rings (SSSR count). The molecule has 29 heteroatoms. The van der Waals surface area contributed by atoms with Crippen LogP contribution in [0.1, 0.15) is 61.6 Å². The van der Waals surface area contributed by atoms with Gasteiger partial charge in [-0.3, -0.25) is 47.9 Å². The van der Waals surface area contributed by atoms with Crippen LogP contribution in [0.2, 0.25) is 0 Å². The first-order valence-electron chi connectivity index (χ1n) is 28.7. The molecule has 5 aromatic rings. The normalized spacial score (nSPS) is 14.4. The lowest BCUT2D eigenvalue weighted by Gasteiger charge is -2.28. The molecule has 0 saturated heterocycles. The molecule has 90 heavy (non-hydrogen) atoms. The number of aliphatic hydroxyl groups excluding tert-OH is 2. The van der Waals surface area contributed by atoms with Crippen molar-refractivity contribution in [2.24, 2.45) is 17.4 Å². The number of carbonyl (C=O) groups is 11. The Morgan fingerprint density at radius 3 is 1.27 bits per heavy atom. The summed E-state index contributed by atoms with van der Waals surface area (Å²) in [6.07, 6.45) is -1.01. The molecule has 0 unspecified atom stereocenters. The van der Waals surface area contributed by atoms with Gasteiger partial charge in [-0.1, -0.05) is 98.8 Å². The van der Waals surface area contributed by atoms with Gasteiger partial charge in [0.15, 0.2) is 0 Å². The maximum Gasteiger partial charge on any atom is 0.326 e. The lowest BCUT2D eigenvalue weighted by atomic mass is 9.99. The number of phenols is 2.